The van der Waals surface area contributed by atoms with E-state index < -0.39 is 0 Å². The van der Waals surface area contributed by atoms with Crippen LogP contribution in [0.25, 0.3) is 11.0 Å². The molecule has 3 heteroatoms. The number of hydrogen-bond acceptors (Lipinski definition) is 2. The standard InChI is InChI=1S/C10H12N2O/c1-3-13-10-11-8-6-4-5-7-9(8)12(10)2/h4-7H,3H2,1-2H3. The summed E-state index contributed by atoms with van der Waals surface area (Å²) in [6.07, 6.45) is 0. The fraction of sp³-hybridized carbons (Fsp3) is 0.300. The summed E-state index contributed by atoms with van der Waals surface area (Å²) >= 11 is 0. The minimum absolute atomic E-state index is 0.650. The monoisotopic (exact) mass is 176 g/mol. The van der Waals surface area contributed by atoms with Gasteiger partial charge in [-0.2, -0.15) is 4.98 Å². The number of hydrogen-bond donors (Lipinski definition) is 0. The van der Waals surface area contributed by atoms with Crippen molar-refractivity contribution in [3.8, 4) is 6.01 Å². The van der Waals surface area contributed by atoms with Gasteiger partial charge >= 0.3 is 0 Å². The predicted octanol–water partition coefficient (Wildman–Crippen LogP) is 1.97. The van der Waals surface area contributed by atoms with Gasteiger partial charge in [-0.25, -0.2) is 0 Å². The third-order valence-corrected chi connectivity index (χ3v) is 2.02. The van der Waals surface area contributed by atoms with Crippen molar-refractivity contribution in [3.63, 3.8) is 0 Å². The smallest absolute Gasteiger partial charge is 0.297 e. The minimum atomic E-state index is 0.650. The Balaban J connectivity index is 2.60. The van der Waals surface area contributed by atoms with Crippen LogP contribution >= 0.6 is 0 Å². The topological polar surface area (TPSA) is 27.1 Å². The molecule has 0 fully saturated rings. The Bertz CT molecular complexity index is 420. The van der Waals surface area contributed by atoms with Crippen molar-refractivity contribution in [2.75, 3.05) is 6.61 Å². The summed E-state index contributed by atoms with van der Waals surface area (Å²) in [5, 5.41) is 0. The van der Waals surface area contributed by atoms with Crippen LogP contribution in [0.15, 0.2) is 24.3 Å². The van der Waals surface area contributed by atoms with E-state index in [9.17, 15) is 0 Å². The van der Waals surface area contributed by atoms with Crippen molar-refractivity contribution < 1.29 is 4.74 Å². The predicted molar refractivity (Wildman–Crippen MR) is 51.9 cm³/mol. The maximum atomic E-state index is 5.37. The SMILES string of the molecule is CCOc1nc2ccccc2n1C. The fourth-order valence-corrected chi connectivity index (χ4v) is 1.38. The van der Waals surface area contributed by atoms with Crippen molar-refractivity contribution in [1.82, 2.24) is 9.55 Å². The van der Waals surface area contributed by atoms with Crippen LogP contribution in [0.2, 0.25) is 0 Å². The Kier molecular flexibility index (Phi) is 1.93. The zero-order valence-corrected chi connectivity index (χ0v) is 7.82. The van der Waals surface area contributed by atoms with Gasteiger partial charge in [-0.1, -0.05) is 12.1 Å². The van der Waals surface area contributed by atoms with Gasteiger partial charge in [0, 0.05) is 7.05 Å². The van der Waals surface area contributed by atoms with E-state index in [0.29, 0.717) is 12.6 Å². The number of aryl methyl sites for hydroxylation is 1. The average Bonchev–Trinajstić information content (AvgIpc) is 2.46. The lowest BCUT2D eigenvalue weighted by atomic mass is 10.3. The highest BCUT2D eigenvalue weighted by Crippen LogP contribution is 2.18. The zero-order chi connectivity index (χ0) is 9.26. The molecule has 0 spiro atoms. The van der Waals surface area contributed by atoms with Crippen LogP contribution in [0.5, 0.6) is 6.01 Å². The molecule has 0 aliphatic carbocycles. The molecule has 1 aromatic heterocycles. The van der Waals surface area contributed by atoms with Gasteiger partial charge in [-0.15, -0.1) is 0 Å². The first-order valence-corrected chi connectivity index (χ1v) is 4.37. The molecule has 1 heterocycles. The van der Waals surface area contributed by atoms with Crippen LogP contribution in [0.4, 0.5) is 0 Å². The average molecular weight is 176 g/mol. The number of imidazole rings is 1. The van der Waals surface area contributed by atoms with E-state index in [2.05, 4.69) is 4.98 Å². The molecule has 0 radical (unpaired) electrons. The van der Waals surface area contributed by atoms with Crippen molar-refractivity contribution in [3.05, 3.63) is 24.3 Å². The van der Waals surface area contributed by atoms with Gasteiger partial charge in [0.2, 0.25) is 0 Å². The number of fused-ring (bicyclic) bond motifs is 1. The van der Waals surface area contributed by atoms with Crippen LogP contribution < -0.4 is 4.74 Å². The molecule has 0 aliphatic heterocycles. The Morgan fingerprint density at radius 3 is 2.85 bits per heavy atom. The summed E-state index contributed by atoms with van der Waals surface area (Å²) in [7, 11) is 1.96. The summed E-state index contributed by atoms with van der Waals surface area (Å²) in [4.78, 5) is 4.34. The molecular formula is C10H12N2O. The highest BCUT2D eigenvalue weighted by atomic mass is 16.5. The van der Waals surface area contributed by atoms with Crippen LogP contribution in [-0.4, -0.2) is 16.2 Å². The maximum absolute atomic E-state index is 5.37. The van der Waals surface area contributed by atoms with E-state index >= 15 is 0 Å². The molecule has 0 N–H and O–H groups in total. The van der Waals surface area contributed by atoms with Gasteiger partial charge in [-0.05, 0) is 19.1 Å². The van der Waals surface area contributed by atoms with E-state index in [1.54, 1.807) is 0 Å². The summed E-state index contributed by atoms with van der Waals surface area (Å²) in [6.45, 7) is 2.61. The second-order valence-corrected chi connectivity index (χ2v) is 2.88. The molecule has 0 unspecified atom stereocenters. The molecule has 3 nitrogen and oxygen atoms in total. The second-order valence-electron chi connectivity index (χ2n) is 2.88. The Morgan fingerprint density at radius 1 is 1.38 bits per heavy atom. The third kappa shape index (κ3) is 1.26. The van der Waals surface area contributed by atoms with Crippen molar-refractivity contribution in [2.24, 2.45) is 7.05 Å². The highest BCUT2D eigenvalue weighted by molar-refractivity contribution is 5.76. The molecule has 0 saturated heterocycles. The van der Waals surface area contributed by atoms with Crippen LogP contribution in [-0.2, 0) is 7.05 Å². The Morgan fingerprint density at radius 2 is 2.15 bits per heavy atom. The van der Waals surface area contributed by atoms with E-state index in [4.69, 9.17) is 4.74 Å². The number of benzene rings is 1. The van der Waals surface area contributed by atoms with Crippen molar-refractivity contribution >= 4 is 11.0 Å². The number of aromatic nitrogens is 2. The summed E-state index contributed by atoms with van der Waals surface area (Å²) in [5.74, 6) is 0. The number of nitrogens with zero attached hydrogens (tertiary/aromatic N) is 2. The van der Waals surface area contributed by atoms with E-state index in [0.717, 1.165) is 11.0 Å². The Hall–Kier alpha value is -1.51. The molecule has 1 aromatic carbocycles. The molecule has 2 rings (SSSR count). The van der Waals surface area contributed by atoms with E-state index in [1.165, 1.54) is 0 Å². The molecule has 0 atom stereocenters. The lowest BCUT2D eigenvalue weighted by Gasteiger charge is -2.00. The molecule has 2 aromatic rings. The third-order valence-electron chi connectivity index (χ3n) is 2.02. The van der Waals surface area contributed by atoms with Gasteiger partial charge in [0.1, 0.15) is 0 Å². The number of ether oxygens (including phenoxy) is 1. The highest BCUT2D eigenvalue weighted by Gasteiger charge is 2.05. The molecule has 0 bridgehead atoms. The van der Waals surface area contributed by atoms with Crippen LogP contribution in [0.1, 0.15) is 6.92 Å². The maximum Gasteiger partial charge on any atom is 0.297 e. The summed E-state index contributed by atoms with van der Waals surface area (Å²) in [5.41, 5.74) is 2.08. The first-order valence-electron chi connectivity index (χ1n) is 4.37. The molecule has 0 aliphatic rings. The van der Waals surface area contributed by atoms with Gasteiger partial charge in [-0.3, -0.25) is 4.57 Å². The van der Waals surface area contributed by atoms with Gasteiger partial charge in [0.15, 0.2) is 0 Å². The lowest BCUT2D eigenvalue weighted by Crippen LogP contribution is -1.98. The lowest BCUT2D eigenvalue weighted by molar-refractivity contribution is 0.304. The van der Waals surface area contributed by atoms with Gasteiger partial charge in [0.05, 0.1) is 17.6 Å². The molecule has 0 amide bonds. The van der Waals surface area contributed by atoms with Gasteiger partial charge < -0.3 is 4.74 Å². The number of rotatable bonds is 2. The largest absolute Gasteiger partial charge is 0.465 e. The van der Waals surface area contributed by atoms with Crippen molar-refractivity contribution in [2.45, 2.75) is 6.92 Å². The van der Waals surface area contributed by atoms with Gasteiger partial charge in [0.25, 0.3) is 6.01 Å². The first kappa shape index (κ1) is 8.10. The zero-order valence-electron chi connectivity index (χ0n) is 7.82. The molecule has 0 saturated carbocycles. The number of para-hydroxylation sites is 2. The second kappa shape index (κ2) is 3.09. The Labute approximate surface area is 77.0 Å². The van der Waals surface area contributed by atoms with E-state index in [1.807, 2.05) is 42.8 Å². The quantitative estimate of drug-likeness (QED) is 0.699. The summed E-state index contributed by atoms with van der Waals surface area (Å²) < 4.78 is 7.33. The normalized spacial score (nSPS) is 10.6. The summed E-state index contributed by atoms with van der Waals surface area (Å²) in [6, 6.07) is 8.68. The van der Waals surface area contributed by atoms with E-state index in [-0.39, 0.29) is 0 Å². The molecular weight excluding hydrogens is 164 g/mol. The van der Waals surface area contributed by atoms with Crippen LogP contribution in [0, 0.1) is 0 Å². The fourth-order valence-electron chi connectivity index (χ4n) is 1.38. The molecule has 68 valence electrons. The van der Waals surface area contributed by atoms with Crippen molar-refractivity contribution in [1.29, 1.82) is 0 Å². The molecule has 13 heavy (non-hydrogen) atoms. The minimum Gasteiger partial charge on any atom is -0.465 e. The first-order chi connectivity index (χ1) is 6.33. The van der Waals surface area contributed by atoms with Crippen LogP contribution in [0.3, 0.4) is 0 Å².